The Morgan fingerprint density at radius 3 is 2.07 bits per heavy atom. The highest BCUT2D eigenvalue weighted by molar-refractivity contribution is 6.75. The van der Waals surface area contributed by atoms with E-state index in [9.17, 15) is 4.79 Å². The summed E-state index contributed by atoms with van der Waals surface area (Å²) in [5.41, 5.74) is 1.96. The third-order valence-electron chi connectivity index (χ3n) is 13.1. The summed E-state index contributed by atoms with van der Waals surface area (Å²) in [4.78, 5) is 27.2. The first kappa shape index (κ1) is 45.3. The Labute approximate surface area is 344 Å². The molecule has 0 bridgehead atoms. The topological polar surface area (TPSA) is 137 Å². The van der Waals surface area contributed by atoms with Crippen LogP contribution in [0.2, 0.25) is 54.4 Å². The maximum Gasteiger partial charge on any atom is 0.330 e. The molecule has 5 rings (SSSR count). The molecule has 3 aromatic heterocycles. The number of carbonyl (C=O) groups is 1. The van der Waals surface area contributed by atoms with Gasteiger partial charge in [-0.15, -0.1) is 0 Å². The van der Waals surface area contributed by atoms with E-state index in [4.69, 9.17) is 37.7 Å². The fourth-order valence-electron chi connectivity index (χ4n) is 6.32. The monoisotopic (exact) mass is 841 g/mol. The first-order valence-corrected chi connectivity index (χ1v) is 29.5. The van der Waals surface area contributed by atoms with Crippen LogP contribution in [0.5, 0.6) is 0 Å². The number of nitrogens with zero attached hydrogens (tertiary/aromatic N) is 6. The Balaban J connectivity index is 1.66. The van der Waals surface area contributed by atoms with Gasteiger partial charge in [0.1, 0.15) is 18.3 Å². The SMILES string of the molecule is CCOC(=O)/C=C/c1cnn(-c2nc(NC3CCCC3)c3ncn([C@@H]4O[C@@H](CO[Si](C)(C)C(C)(C)C)[C@H](O[Si](C)(C)C(C)(C)C)[C@@H]4O[Si](C)(C)C(C)(C)C)c3n2)c1. The molecule has 13 nitrogen and oxygen atoms in total. The van der Waals surface area contributed by atoms with Crippen LogP contribution in [-0.2, 0) is 27.5 Å². The van der Waals surface area contributed by atoms with Crippen LogP contribution in [0, 0.1) is 0 Å². The number of aromatic nitrogens is 6. The van der Waals surface area contributed by atoms with E-state index in [0.29, 0.717) is 41.7 Å². The predicted octanol–water partition coefficient (Wildman–Crippen LogP) is 9.64. The third-order valence-corrected chi connectivity index (χ3v) is 26.5. The van der Waals surface area contributed by atoms with Crippen LogP contribution in [0.3, 0.4) is 0 Å². The highest BCUT2D eigenvalue weighted by Gasteiger charge is 2.55. The molecule has 318 valence electrons. The zero-order chi connectivity index (χ0) is 42.4. The number of nitrogens with one attached hydrogen (secondary N) is 1. The predicted molar refractivity (Wildman–Crippen MR) is 235 cm³/mol. The number of hydrogen-bond acceptors (Lipinski definition) is 11. The van der Waals surface area contributed by atoms with Crippen LogP contribution in [-0.4, -0.2) is 97.8 Å². The highest BCUT2D eigenvalue weighted by Crippen LogP contribution is 2.47. The molecule has 57 heavy (non-hydrogen) atoms. The molecule has 0 spiro atoms. The van der Waals surface area contributed by atoms with Crippen molar-refractivity contribution in [1.82, 2.24) is 29.3 Å². The zero-order valence-corrected chi connectivity index (χ0v) is 40.6. The molecule has 0 aromatic carbocycles. The van der Waals surface area contributed by atoms with E-state index in [2.05, 4.69) is 112 Å². The summed E-state index contributed by atoms with van der Waals surface area (Å²) in [5.74, 6) is 0.601. The van der Waals surface area contributed by atoms with Gasteiger partial charge in [-0.25, -0.2) is 14.5 Å². The molecule has 2 aliphatic rings. The molecule has 1 aliphatic heterocycles. The van der Waals surface area contributed by atoms with Gasteiger partial charge in [0.15, 0.2) is 48.2 Å². The van der Waals surface area contributed by atoms with Crippen molar-refractivity contribution in [2.45, 2.75) is 180 Å². The van der Waals surface area contributed by atoms with Gasteiger partial charge < -0.3 is 28.1 Å². The van der Waals surface area contributed by atoms with Gasteiger partial charge in [0.05, 0.1) is 25.7 Å². The number of ether oxygens (including phenoxy) is 2. The third kappa shape index (κ3) is 10.2. The molecule has 1 saturated heterocycles. The van der Waals surface area contributed by atoms with Crippen molar-refractivity contribution in [1.29, 1.82) is 0 Å². The van der Waals surface area contributed by atoms with Gasteiger partial charge in [0.2, 0.25) is 0 Å². The van der Waals surface area contributed by atoms with E-state index < -0.39 is 55.5 Å². The smallest absolute Gasteiger partial charge is 0.330 e. The van der Waals surface area contributed by atoms with Crippen LogP contribution >= 0.6 is 0 Å². The van der Waals surface area contributed by atoms with Crippen LogP contribution in [0.1, 0.15) is 107 Å². The van der Waals surface area contributed by atoms with Crippen molar-refractivity contribution in [3.63, 3.8) is 0 Å². The average Bonchev–Trinajstić information content (AvgIpc) is 3.89. The molecular formula is C41H71N7O6Si3. The summed E-state index contributed by atoms with van der Waals surface area (Å²) >= 11 is 0. The van der Waals surface area contributed by atoms with Gasteiger partial charge in [0.25, 0.3) is 5.95 Å². The first-order chi connectivity index (χ1) is 26.2. The van der Waals surface area contributed by atoms with Crippen molar-refractivity contribution in [2.24, 2.45) is 0 Å². The van der Waals surface area contributed by atoms with Gasteiger partial charge >= 0.3 is 5.97 Å². The van der Waals surface area contributed by atoms with Crippen LogP contribution < -0.4 is 5.32 Å². The summed E-state index contributed by atoms with van der Waals surface area (Å²) in [6.07, 6.45) is 10.9. The van der Waals surface area contributed by atoms with Gasteiger partial charge in [0, 0.05) is 23.9 Å². The second-order valence-electron chi connectivity index (χ2n) is 20.4. The number of fused-ring (bicyclic) bond motifs is 1. The van der Waals surface area contributed by atoms with Gasteiger partial charge in [-0.2, -0.15) is 15.1 Å². The second-order valence-corrected chi connectivity index (χ2v) is 34.8. The lowest BCUT2D eigenvalue weighted by Gasteiger charge is -2.44. The minimum atomic E-state index is -2.40. The first-order valence-electron chi connectivity index (χ1n) is 20.8. The molecular weight excluding hydrogens is 771 g/mol. The summed E-state index contributed by atoms with van der Waals surface area (Å²) < 4.78 is 37.7. The molecule has 4 atom stereocenters. The van der Waals surface area contributed by atoms with E-state index in [1.54, 1.807) is 30.1 Å². The molecule has 1 aliphatic carbocycles. The number of imidazole rings is 1. The fraction of sp³-hybridized carbons (Fsp3) is 0.732. The fourth-order valence-corrected chi connectivity index (χ4v) is 9.94. The molecule has 4 heterocycles. The molecule has 3 aromatic rings. The van der Waals surface area contributed by atoms with E-state index in [-0.39, 0.29) is 21.2 Å². The second kappa shape index (κ2) is 16.7. The van der Waals surface area contributed by atoms with Gasteiger partial charge in [-0.1, -0.05) is 75.2 Å². The summed E-state index contributed by atoms with van der Waals surface area (Å²) in [7, 11) is -6.91. The van der Waals surface area contributed by atoms with Crippen molar-refractivity contribution < 1.29 is 27.5 Å². The summed E-state index contributed by atoms with van der Waals surface area (Å²) in [5, 5.41) is 8.21. The Bertz CT molecular complexity index is 1880. The number of hydrogen-bond donors (Lipinski definition) is 1. The van der Waals surface area contributed by atoms with Crippen molar-refractivity contribution >= 4 is 54.0 Å². The Morgan fingerprint density at radius 2 is 1.49 bits per heavy atom. The Hall–Kier alpha value is -2.74. The highest BCUT2D eigenvalue weighted by atomic mass is 28.4. The van der Waals surface area contributed by atoms with Crippen molar-refractivity contribution in [3.05, 3.63) is 30.4 Å². The molecule has 1 N–H and O–H groups in total. The lowest BCUT2D eigenvalue weighted by molar-refractivity contribution is -0.137. The zero-order valence-electron chi connectivity index (χ0n) is 37.6. The molecule has 16 heteroatoms. The molecule has 0 unspecified atom stereocenters. The lowest BCUT2D eigenvalue weighted by atomic mass is 10.1. The van der Waals surface area contributed by atoms with Gasteiger partial charge in [-0.3, -0.25) is 4.57 Å². The average molecular weight is 842 g/mol. The molecule has 2 fully saturated rings. The summed E-state index contributed by atoms with van der Waals surface area (Å²) in [6.45, 7) is 36.6. The summed E-state index contributed by atoms with van der Waals surface area (Å²) in [6, 6.07) is 0.276. The number of rotatable bonds is 14. The minimum Gasteiger partial charge on any atom is -0.463 e. The van der Waals surface area contributed by atoms with E-state index in [0.717, 1.165) is 12.8 Å². The maximum atomic E-state index is 12.0. The normalized spacial score (nSPS) is 22.0. The van der Waals surface area contributed by atoms with E-state index >= 15 is 0 Å². The van der Waals surface area contributed by atoms with Crippen LogP contribution in [0.15, 0.2) is 24.8 Å². The number of esters is 1. The molecule has 0 radical (unpaired) electrons. The quantitative estimate of drug-likeness (QED) is 0.0944. The van der Waals surface area contributed by atoms with E-state index in [1.165, 1.54) is 18.9 Å². The van der Waals surface area contributed by atoms with Crippen molar-refractivity contribution in [2.75, 3.05) is 18.5 Å². The maximum absolute atomic E-state index is 12.0. The van der Waals surface area contributed by atoms with Gasteiger partial charge in [-0.05, 0) is 80.2 Å². The lowest BCUT2D eigenvalue weighted by Crippen LogP contribution is -2.54. The van der Waals surface area contributed by atoms with Crippen LogP contribution in [0.25, 0.3) is 23.2 Å². The van der Waals surface area contributed by atoms with Crippen LogP contribution in [0.4, 0.5) is 5.82 Å². The largest absolute Gasteiger partial charge is 0.463 e. The Morgan fingerprint density at radius 1 is 0.895 bits per heavy atom. The standard InChI is InChI=1S/C41H71N7O6Si3/c1-17-50-31(49)23-22-28-24-43-48(25-28)38-45-35(44-29-20-18-19-21-29)32-36(46-38)47(27-42-32)37-34(54-57(15,16)41(8,9)10)33(53-56(13,14)40(5,6)7)30(52-37)26-51-55(11,12)39(2,3)4/h22-25,27,29-30,33-34,37H,17-21,26H2,1-16H3,(H,44,45,46)/b23-22+/t30-,33-,34-,37+/m0/s1. The molecule has 1 saturated carbocycles. The number of anilines is 1. The minimum absolute atomic E-state index is 0.0232. The Kier molecular flexibility index (Phi) is 13.3. The number of carbonyl (C=O) groups excluding carboxylic acids is 1. The van der Waals surface area contributed by atoms with E-state index in [1.807, 2.05) is 10.9 Å². The molecule has 0 amide bonds. The van der Waals surface area contributed by atoms with Crippen molar-refractivity contribution in [3.8, 4) is 5.95 Å².